The second kappa shape index (κ2) is 6.89. The molecule has 4 rings (SSSR count). The number of aromatic nitrogens is 4. The molecule has 3 aromatic heterocycles. The van der Waals surface area contributed by atoms with Gasteiger partial charge in [0.1, 0.15) is 16.9 Å². The van der Waals surface area contributed by atoms with Crippen molar-refractivity contribution in [1.29, 1.82) is 0 Å². The minimum absolute atomic E-state index is 0.164. The Balaban J connectivity index is 1.50. The third-order valence-corrected chi connectivity index (χ3v) is 5.53. The van der Waals surface area contributed by atoms with Crippen LogP contribution in [-0.2, 0) is 0 Å². The second-order valence-electron chi connectivity index (χ2n) is 6.32. The van der Waals surface area contributed by atoms with E-state index in [0.29, 0.717) is 22.6 Å². The highest BCUT2D eigenvalue weighted by atomic mass is 32.1. The van der Waals surface area contributed by atoms with Crippen LogP contribution in [0.15, 0.2) is 28.8 Å². The molecule has 7 nitrogen and oxygen atoms in total. The van der Waals surface area contributed by atoms with Crippen LogP contribution in [0.2, 0.25) is 0 Å². The molecular weight excluding hydrogens is 336 g/mol. The van der Waals surface area contributed by atoms with Crippen molar-refractivity contribution in [3.63, 3.8) is 0 Å². The number of aromatic amines is 1. The highest BCUT2D eigenvalue weighted by molar-refractivity contribution is 7.14. The number of rotatable bonds is 5. The molecule has 0 spiro atoms. The molecule has 0 bridgehead atoms. The van der Waals surface area contributed by atoms with Crippen molar-refractivity contribution in [2.75, 3.05) is 25.5 Å². The van der Waals surface area contributed by atoms with E-state index in [2.05, 4.69) is 37.2 Å². The maximum atomic E-state index is 11.9. The molecule has 0 aliphatic carbocycles. The van der Waals surface area contributed by atoms with Crippen molar-refractivity contribution in [2.24, 2.45) is 0 Å². The Morgan fingerprint density at radius 2 is 2.36 bits per heavy atom. The molecule has 1 aliphatic rings. The monoisotopic (exact) mass is 356 g/mol. The van der Waals surface area contributed by atoms with Crippen molar-refractivity contribution >= 4 is 27.4 Å². The van der Waals surface area contributed by atoms with E-state index in [1.54, 1.807) is 23.6 Å². The van der Waals surface area contributed by atoms with E-state index >= 15 is 0 Å². The molecule has 1 saturated heterocycles. The largest absolute Gasteiger partial charge is 0.361 e. The van der Waals surface area contributed by atoms with Gasteiger partial charge < -0.3 is 15.2 Å². The number of hydrogen-bond acceptors (Lipinski definition) is 7. The van der Waals surface area contributed by atoms with Crippen LogP contribution in [0.1, 0.15) is 19.3 Å². The summed E-state index contributed by atoms with van der Waals surface area (Å²) in [7, 11) is 2.19. The number of fused-ring (bicyclic) bond motifs is 1. The van der Waals surface area contributed by atoms with Gasteiger partial charge in [-0.2, -0.15) is 0 Å². The predicted molar refractivity (Wildman–Crippen MR) is 100 cm³/mol. The first-order valence-electron chi connectivity index (χ1n) is 8.45. The van der Waals surface area contributed by atoms with Gasteiger partial charge in [0.15, 0.2) is 5.13 Å². The fraction of sp³-hybridized carbons (Fsp3) is 0.412. The molecule has 1 aliphatic heterocycles. The first-order chi connectivity index (χ1) is 12.2. The van der Waals surface area contributed by atoms with Crippen molar-refractivity contribution in [3.05, 3.63) is 34.3 Å². The molecule has 1 unspecified atom stereocenters. The molecule has 4 heterocycles. The SMILES string of the molecule is CN1CCCC1CCNc1nc(-c2nccc3c(=O)[nH]cnc23)cs1. The number of nitrogens with zero attached hydrogens (tertiary/aromatic N) is 4. The minimum Gasteiger partial charge on any atom is -0.361 e. The van der Waals surface area contributed by atoms with E-state index in [1.807, 2.05) is 5.38 Å². The molecule has 0 amide bonds. The number of hydrogen-bond donors (Lipinski definition) is 2. The third kappa shape index (κ3) is 3.27. The highest BCUT2D eigenvalue weighted by Crippen LogP contribution is 2.27. The molecule has 0 radical (unpaired) electrons. The highest BCUT2D eigenvalue weighted by Gasteiger charge is 2.20. The number of nitrogens with one attached hydrogen (secondary N) is 2. The van der Waals surface area contributed by atoms with Gasteiger partial charge in [-0.1, -0.05) is 0 Å². The summed E-state index contributed by atoms with van der Waals surface area (Å²) < 4.78 is 0. The number of H-pyrrole nitrogens is 1. The maximum Gasteiger partial charge on any atom is 0.258 e. The number of pyridine rings is 1. The lowest BCUT2D eigenvalue weighted by molar-refractivity contribution is 0.301. The van der Waals surface area contributed by atoms with Gasteiger partial charge in [0.05, 0.1) is 11.7 Å². The van der Waals surface area contributed by atoms with E-state index < -0.39 is 0 Å². The summed E-state index contributed by atoms with van der Waals surface area (Å²) >= 11 is 1.55. The van der Waals surface area contributed by atoms with Crippen LogP contribution in [-0.4, -0.2) is 51.0 Å². The van der Waals surface area contributed by atoms with Crippen molar-refractivity contribution in [3.8, 4) is 11.4 Å². The van der Waals surface area contributed by atoms with E-state index in [4.69, 9.17) is 0 Å². The summed E-state index contributed by atoms with van der Waals surface area (Å²) in [6.07, 6.45) is 6.72. The Kier molecular flexibility index (Phi) is 4.46. The van der Waals surface area contributed by atoms with E-state index in [0.717, 1.165) is 23.8 Å². The first kappa shape index (κ1) is 16.2. The lowest BCUT2D eigenvalue weighted by Gasteiger charge is -2.19. The van der Waals surface area contributed by atoms with Crippen LogP contribution < -0.4 is 10.9 Å². The van der Waals surface area contributed by atoms with Gasteiger partial charge >= 0.3 is 0 Å². The summed E-state index contributed by atoms with van der Waals surface area (Å²) in [5.41, 5.74) is 1.80. The summed E-state index contributed by atoms with van der Waals surface area (Å²) in [6, 6.07) is 2.34. The second-order valence-corrected chi connectivity index (χ2v) is 7.18. The topological polar surface area (TPSA) is 86.8 Å². The lowest BCUT2D eigenvalue weighted by atomic mass is 10.1. The van der Waals surface area contributed by atoms with Crippen LogP contribution >= 0.6 is 11.3 Å². The fourth-order valence-electron chi connectivity index (χ4n) is 3.34. The Bertz CT molecular complexity index is 936. The molecule has 0 aromatic carbocycles. The molecule has 130 valence electrons. The standard InChI is InChI=1S/C17H20N6OS/c1-23-8-2-3-11(23)4-6-19-17-22-13(9-25-17)15-14-12(5-7-18-15)16(24)21-10-20-14/h5,7,9-11H,2-4,6,8H2,1H3,(H,19,22)(H,20,21,24). The minimum atomic E-state index is -0.164. The summed E-state index contributed by atoms with van der Waals surface area (Å²) in [5, 5.41) is 6.76. The first-order valence-corrected chi connectivity index (χ1v) is 9.33. The Hall–Kier alpha value is -2.32. The Labute approximate surface area is 149 Å². The average Bonchev–Trinajstić information content (AvgIpc) is 3.25. The van der Waals surface area contributed by atoms with Gasteiger partial charge in [0.2, 0.25) is 0 Å². The van der Waals surface area contributed by atoms with Crippen LogP contribution in [0.3, 0.4) is 0 Å². The molecule has 2 N–H and O–H groups in total. The number of likely N-dealkylation sites (tertiary alicyclic amines) is 1. The van der Waals surface area contributed by atoms with Crippen molar-refractivity contribution in [1.82, 2.24) is 24.8 Å². The quantitative estimate of drug-likeness (QED) is 0.730. The lowest BCUT2D eigenvalue weighted by Crippen LogP contribution is -2.26. The van der Waals surface area contributed by atoms with Crippen LogP contribution in [0.4, 0.5) is 5.13 Å². The maximum absolute atomic E-state index is 11.9. The van der Waals surface area contributed by atoms with Gasteiger partial charge in [0.25, 0.3) is 5.56 Å². The van der Waals surface area contributed by atoms with Gasteiger partial charge in [-0.15, -0.1) is 11.3 Å². The molecular formula is C17H20N6OS. The summed E-state index contributed by atoms with van der Waals surface area (Å²) in [5.74, 6) is 0. The van der Waals surface area contributed by atoms with Gasteiger partial charge in [-0.3, -0.25) is 9.78 Å². The molecule has 0 saturated carbocycles. The molecule has 8 heteroatoms. The van der Waals surface area contributed by atoms with Crippen LogP contribution in [0.25, 0.3) is 22.3 Å². The molecule has 25 heavy (non-hydrogen) atoms. The zero-order valence-corrected chi connectivity index (χ0v) is 14.8. The molecule has 3 aromatic rings. The van der Waals surface area contributed by atoms with Crippen molar-refractivity contribution in [2.45, 2.75) is 25.3 Å². The van der Waals surface area contributed by atoms with Crippen LogP contribution in [0, 0.1) is 0 Å². The Morgan fingerprint density at radius 3 is 3.20 bits per heavy atom. The van der Waals surface area contributed by atoms with Gasteiger partial charge in [-0.05, 0) is 38.9 Å². The fourth-order valence-corrected chi connectivity index (χ4v) is 4.07. The summed E-state index contributed by atoms with van der Waals surface area (Å²) in [6.45, 7) is 2.10. The predicted octanol–water partition coefficient (Wildman–Crippen LogP) is 2.34. The molecule has 1 atom stereocenters. The molecule has 1 fully saturated rings. The Morgan fingerprint density at radius 1 is 1.44 bits per heavy atom. The van der Waals surface area contributed by atoms with Crippen LogP contribution in [0.5, 0.6) is 0 Å². The van der Waals surface area contributed by atoms with E-state index in [1.165, 1.54) is 25.7 Å². The van der Waals surface area contributed by atoms with Gasteiger partial charge in [0, 0.05) is 24.2 Å². The van der Waals surface area contributed by atoms with Gasteiger partial charge in [-0.25, -0.2) is 9.97 Å². The third-order valence-electron chi connectivity index (χ3n) is 4.73. The number of anilines is 1. The number of thiazole rings is 1. The summed E-state index contributed by atoms with van der Waals surface area (Å²) in [4.78, 5) is 30.2. The van der Waals surface area contributed by atoms with E-state index in [-0.39, 0.29) is 5.56 Å². The van der Waals surface area contributed by atoms with Crippen molar-refractivity contribution < 1.29 is 0 Å². The van der Waals surface area contributed by atoms with E-state index in [9.17, 15) is 4.79 Å². The smallest absolute Gasteiger partial charge is 0.258 e. The average molecular weight is 356 g/mol. The zero-order chi connectivity index (χ0) is 17.2. The zero-order valence-electron chi connectivity index (χ0n) is 14.0. The normalized spacial score (nSPS) is 18.0.